The number of rotatable bonds is 5. The van der Waals surface area contributed by atoms with E-state index in [2.05, 4.69) is 58.1 Å². The maximum absolute atomic E-state index is 5.66. The second-order valence-electron chi connectivity index (χ2n) is 5.44. The van der Waals surface area contributed by atoms with E-state index in [0.29, 0.717) is 24.4 Å². The quantitative estimate of drug-likeness (QED) is 0.815. The van der Waals surface area contributed by atoms with Crippen LogP contribution in [0.2, 0.25) is 0 Å². The topological polar surface area (TPSA) is 38.0 Å². The van der Waals surface area contributed by atoms with Crippen LogP contribution in [0.25, 0.3) is 0 Å². The molecule has 0 spiro atoms. The van der Waals surface area contributed by atoms with E-state index in [1.165, 1.54) is 16.8 Å². The average Bonchev–Trinajstić information content (AvgIpc) is 2.28. The molecule has 0 aliphatic carbocycles. The van der Waals surface area contributed by atoms with Gasteiger partial charge in [-0.3, -0.25) is 0 Å². The van der Waals surface area contributed by atoms with Gasteiger partial charge < -0.3 is 11.1 Å². The Labute approximate surface area is 106 Å². The van der Waals surface area contributed by atoms with Gasteiger partial charge in [0, 0.05) is 18.3 Å². The van der Waals surface area contributed by atoms with Crippen LogP contribution in [0, 0.1) is 0 Å². The summed E-state index contributed by atoms with van der Waals surface area (Å²) in [6, 6.07) is 7.04. The third kappa shape index (κ3) is 3.74. The third-order valence-electron chi connectivity index (χ3n) is 3.12. The lowest BCUT2D eigenvalue weighted by molar-refractivity contribution is 0.789. The van der Waals surface area contributed by atoms with Crippen molar-refractivity contribution < 1.29 is 0 Å². The van der Waals surface area contributed by atoms with Crippen LogP contribution in [0.5, 0.6) is 0 Å². The van der Waals surface area contributed by atoms with Crippen LogP contribution in [-0.2, 0) is 0 Å². The minimum absolute atomic E-state index is 0.317. The van der Waals surface area contributed by atoms with Crippen molar-refractivity contribution >= 4 is 5.69 Å². The Morgan fingerprint density at radius 3 is 2.18 bits per heavy atom. The highest BCUT2D eigenvalue weighted by molar-refractivity contribution is 5.55. The van der Waals surface area contributed by atoms with Gasteiger partial charge in [-0.25, -0.2) is 0 Å². The van der Waals surface area contributed by atoms with Crippen LogP contribution < -0.4 is 11.1 Å². The first kappa shape index (κ1) is 14.0. The summed E-state index contributed by atoms with van der Waals surface area (Å²) in [6.07, 6.45) is 0. The van der Waals surface area contributed by atoms with E-state index in [1.807, 2.05) is 0 Å². The highest BCUT2D eigenvalue weighted by Gasteiger charge is 2.10. The standard InChI is InChI=1S/C15H26N2/c1-10(2)13-6-7-15(17-12(5)9-16)14(8-13)11(3)4/h6-8,10-12,17H,9,16H2,1-5H3. The van der Waals surface area contributed by atoms with Crippen molar-refractivity contribution in [1.29, 1.82) is 0 Å². The van der Waals surface area contributed by atoms with Gasteiger partial charge in [0.1, 0.15) is 0 Å². The lowest BCUT2D eigenvalue weighted by atomic mass is 9.94. The second kappa shape index (κ2) is 6.06. The number of hydrogen-bond donors (Lipinski definition) is 2. The Morgan fingerprint density at radius 1 is 1.06 bits per heavy atom. The number of anilines is 1. The normalized spacial score (nSPS) is 13.2. The second-order valence-corrected chi connectivity index (χ2v) is 5.44. The van der Waals surface area contributed by atoms with Gasteiger partial charge in [0.2, 0.25) is 0 Å². The summed E-state index contributed by atoms with van der Waals surface area (Å²) >= 11 is 0. The fraction of sp³-hybridized carbons (Fsp3) is 0.600. The molecule has 1 aromatic carbocycles. The maximum atomic E-state index is 5.66. The van der Waals surface area contributed by atoms with E-state index in [9.17, 15) is 0 Å². The fourth-order valence-corrected chi connectivity index (χ4v) is 1.87. The molecule has 0 saturated carbocycles. The first-order chi connectivity index (χ1) is 7.95. The van der Waals surface area contributed by atoms with E-state index in [-0.39, 0.29) is 0 Å². The van der Waals surface area contributed by atoms with Crippen LogP contribution in [0.4, 0.5) is 5.69 Å². The van der Waals surface area contributed by atoms with Crippen LogP contribution in [-0.4, -0.2) is 12.6 Å². The average molecular weight is 234 g/mol. The van der Waals surface area contributed by atoms with E-state index < -0.39 is 0 Å². The van der Waals surface area contributed by atoms with E-state index >= 15 is 0 Å². The molecule has 0 fully saturated rings. The third-order valence-corrected chi connectivity index (χ3v) is 3.12. The van der Waals surface area contributed by atoms with Crippen molar-refractivity contribution in [3.63, 3.8) is 0 Å². The highest BCUT2D eigenvalue weighted by Crippen LogP contribution is 2.28. The fourth-order valence-electron chi connectivity index (χ4n) is 1.87. The monoisotopic (exact) mass is 234 g/mol. The van der Waals surface area contributed by atoms with Crippen molar-refractivity contribution in [3.05, 3.63) is 29.3 Å². The van der Waals surface area contributed by atoms with Crippen molar-refractivity contribution in [2.45, 2.75) is 52.5 Å². The number of nitrogens with one attached hydrogen (secondary N) is 1. The summed E-state index contributed by atoms with van der Waals surface area (Å²) in [5, 5.41) is 3.48. The molecule has 1 aromatic rings. The Morgan fingerprint density at radius 2 is 1.71 bits per heavy atom. The first-order valence-electron chi connectivity index (χ1n) is 6.56. The van der Waals surface area contributed by atoms with Gasteiger partial charge in [-0.05, 0) is 36.0 Å². The molecule has 17 heavy (non-hydrogen) atoms. The van der Waals surface area contributed by atoms with Gasteiger partial charge >= 0.3 is 0 Å². The Bertz CT molecular complexity index is 356. The van der Waals surface area contributed by atoms with Crippen molar-refractivity contribution in [2.75, 3.05) is 11.9 Å². The molecule has 1 unspecified atom stereocenters. The van der Waals surface area contributed by atoms with Crippen LogP contribution in [0.1, 0.15) is 57.6 Å². The number of hydrogen-bond acceptors (Lipinski definition) is 2. The molecule has 96 valence electrons. The predicted octanol–water partition coefficient (Wildman–Crippen LogP) is 3.69. The molecule has 3 N–H and O–H groups in total. The SMILES string of the molecule is CC(CN)Nc1ccc(C(C)C)cc1C(C)C. The molecule has 2 heteroatoms. The molecule has 0 amide bonds. The van der Waals surface area contributed by atoms with Gasteiger partial charge in [-0.2, -0.15) is 0 Å². The summed E-state index contributed by atoms with van der Waals surface area (Å²) in [5.41, 5.74) is 9.67. The first-order valence-corrected chi connectivity index (χ1v) is 6.56. The van der Waals surface area contributed by atoms with Crippen molar-refractivity contribution in [1.82, 2.24) is 0 Å². The van der Waals surface area contributed by atoms with E-state index in [0.717, 1.165) is 0 Å². The van der Waals surface area contributed by atoms with Crippen molar-refractivity contribution in [3.8, 4) is 0 Å². The molecule has 0 aromatic heterocycles. The summed E-state index contributed by atoms with van der Waals surface area (Å²) in [4.78, 5) is 0. The zero-order chi connectivity index (χ0) is 13.0. The molecule has 0 aliphatic heterocycles. The van der Waals surface area contributed by atoms with Crippen LogP contribution in [0.3, 0.4) is 0 Å². The molecule has 0 radical (unpaired) electrons. The summed E-state index contributed by atoms with van der Waals surface area (Å²) in [5.74, 6) is 1.11. The maximum Gasteiger partial charge on any atom is 0.0378 e. The van der Waals surface area contributed by atoms with Gasteiger partial charge in [0.25, 0.3) is 0 Å². The molecular formula is C15H26N2. The van der Waals surface area contributed by atoms with Gasteiger partial charge in [0.15, 0.2) is 0 Å². The lowest BCUT2D eigenvalue weighted by Crippen LogP contribution is -2.25. The van der Waals surface area contributed by atoms with Gasteiger partial charge in [0.05, 0.1) is 0 Å². The Balaban J connectivity index is 3.04. The minimum Gasteiger partial charge on any atom is -0.381 e. The van der Waals surface area contributed by atoms with Gasteiger partial charge in [-0.15, -0.1) is 0 Å². The van der Waals surface area contributed by atoms with Crippen LogP contribution >= 0.6 is 0 Å². The Kier molecular flexibility index (Phi) is 5.01. The smallest absolute Gasteiger partial charge is 0.0378 e. The molecule has 2 nitrogen and oxygen atoms in total. The summed E-state index contributed by atoms with van der Waals surface area (Å²) < 4.78 is 0. The predicted molar refractivity (Wildman–Crippen MR) is 76.8 cm³/mol. The summed E-state index contributed by atoms with van der Waals surface area (Å²) in [6.45, 7) is 11.7. The van der Waals surface area contributed by atoms with Crippen molar-refractivity contribution in [2.24, 2.45) is 5.73 Å². The molecule has 0 bridgehead atoms. The largest absolute Gasteiger partial charge is 0.381 e. The molecule has 1 atom stereocenters. The number of nitrogens with two attached hydrogens (primary N) is 1. The molecule has 0 heterocycles. The van der Waals surface area contributed by atoms with Gasteiger partial charge in [-0.1, -0.05) is 39.8 Å². The van der Waals surface area contributed by atoms with E-state index in [1.54, 1.807) is 0 Å². The lowest BCUT2D eigenvalue weighted by Gasteiger charge is -2.20. The Hall–Kier alpha value is -1.02. The summed E-state index contributed by atoms with van der Waals surface area (Å²) in [7, 11) is 0. The van der Waals surface area contributed by atoms with Crippen LogP contribution in [0.15, 0.2) is 18.2 Å². The highest BCUT2D eigenvalue weighted by atomic mass is 14.9. The zero-order valence-corrected chi connectivity index (χ0v) is 11.7. The van der Waals surface area contributed by atoms with E-state index in [4.69, 9.17) is 5.73 Å². The molecular weight excluding hydrogens is 208 g/mol. The molecule has 0 saturated heterocycles. The molecule has 0 aliphatic rings. The zero-order valence-electron chi connectivity index (χ0n) is 11.7. The number of benzene rings is 1. The molecule has 1 rings (SSSR count). The minimum atomic E-state index is 0.317.